The van der Waals surface area contributed by atoms with E-state index < -0.39 is 20.0 Å². The number of aldehydes is 1. The molecule has 0 radical (unpaired) electrons. The third-order valence-electron chi connectivity index (χ3n) is 3.70. The lowest BCUT2D eigenvalue weighted by molar-refractivity contribution is -0.108. The van der Waals surface area contributed by atoms with Crippen LogP contribution in [0.25, 0.3) is 0 Å². The van der Waals surface area contributed by atoms with Gasteiger partial charge in [0.2, 0.25) is 0 Å². The molecule has 5 N–H and O–H groups in total. The van der Waals surface area contributed by atoms with Gasteiger partial charge in [-0.2, -0.15) is 0 Å². The average molecular weight is 388 g/mol. The van der Waals surface area contributed by atoms with E-state index in [1.54, 1.807) is 6.92 Å². The molecule has 0 aromatic heterocycles. The number of rotatable bonds is 11. The molecule has 0 aliphatic rings. The van der Waals surface area contributed by atoms with Crippen LogP contribution in [0.5, 0.6) is 5.75 Å². The first-order valence-electron chi connectivity index (χ1n) is 8.26. The number of nitrogens with zero attached hydrogens (tertiary/aromatic N) is 1. The SMILES string of the molecule is CNC(=O)N(CC=O)CCCCNP(O)NC(C)c1ccc(F)c(O)c1. The van der Waals surface area contributed by atoms with Gasteiger partial charge in [-0.25, -0.2) is 9.18 Å². The molecule has 146 valence electrons. The van der Waals surface area contributed by atoms with Gasteiger partial charge in [-0.15, -0.1) is 0 Å². The molecular weight excluding hydrogens is 362 g/mol. The molecule has 2 amide bonds. The predicted octanol–water partition coefficient (Wildman–Crippen LogP) is 1.61. The van der Waals surface area contributed by atoms with Gasteiger partial charge in [0, 0.05) is 26.2 Å². The van der Waals surface area contributed by atoms with Crippen molar-refractivity contribution in [1.82, 2.24) is 20.4 Å². The summed E-state index contributed by atoms with van der Waals surface area (Å²) in [5.74, 6) is -1.12. The van der Waals surface area contributed by atoms with Gasteiger partial charge >= 0.3 is 6.03 Å². The van der Waals surface area contributed by atoms with Crippen LogP contribution in [0, 0.1) is 5.82 Å². The molecule has 1 aromatic rings. The van der Waals surface area contributed by atoms with Gasteiger partial charge in [0.1, 0.15) is 6.29 Å². The quantitative estimate of drug-likeness (QED) is 0.224. The zero-order chi connectivity index (χ0) is 19.5. The second-order valence-corrected chi connectivity index (χ2v) is 6.85. The van der Waals surface area contributed by atoms with E-state index in [1.807, 2.05) is 0 Å². The van der Waals surface area contributed by atoms with Crippen LogP contribution in [-0.4, -0.2) is 53.9 Å². The van der Waals surface area contributed by atoms with Crippen LogP contribution in [0.4, 0.5) is 9.18 Å². The fourth-order valence-corrected chi connectivity index (χ4v) is 3.22. The number of nitrogens with one attached hydrogen (secondary N) is 3. The number of hydrogen-bond donors (Lipinski definition) is 5. The van der Waals surface area contributed by atoms with E-state index in [1.165, 1.54) is 30.1 Å². The van der Waals surface area contributed by atoms with E-state index in [0.717, 1.165) is 0 Å². The standard InChI is InChI=1S/C16H26FN4O4P/c1-12(13-5-6-14(17)15(23)11-13)20-26(25)19-7-3-4-8-21(9-10-22)16(24)18-2/h5-6,10-12,19-20,23,25H,3-4,7-9H2,1-2H3,(H,18,24). The first kappa shape index (κ1) is 22.2. The third-order valence-corrected chi connectivity index (χ3v) is 4.85. The lowest BCUT2D eigenvalue weighted by Gasteiger charge is -2.21. The Balaban J connectivity index is 2.29. The number of benzene rings is 1. The topological polar surface area (TPSA) is 114 Å². The van der Waals surface area contributed by atoms with Gasteiger partial charge in [0.05, 0.1) is 6.54 Å². The van der Waals surface area contributed by atoms with Gasteiger partial charge in [0.15, 0.2) is 20.0 Å². The number of phenolic OH excluding ortho intramolecular Hbond substituents is 1. The van der Waals surface area contributed by atoms with E-state index >= 15 is 0 Å². The maximum atomic E-state index is 13.1. The van der Waals surface area contributed by atoms with Crippen molar-refractivity contribution in [3.63, 3.8) is 0 Å². The summed E-state index contributed by atoms with van der Waals surface area (Å²) >= 11 is 0. The number of carbonyl (C=O) groups excluding carboxylic acids is 2. The number of phenols is 1. The lowest BCUT2D eigenvalue weighted by Crippen LogP contribution is -2.39. The highest BCUT2D eigenvalue weighted by Gasteiger charge is 2.13. The third kappa shape index (κ3) is 7.61. The largest absolute Gasteiger partial charge is 0.505 e. The average Bonchev–Trinajstić information content (AvgIpc) is 2.62. The summed E-state index contributed by atoms with van der Waals surface area (Å²) in [5.41, 5.74) is 0.655. The van der Waals surface area contributed by atoms with E-state index in [9.17, 15) is 24.0 Å². The van der Waals surface area contributed by atoms with Crippen molar-refractivity contribution < 1.29 is 24.0 Å². The molecule has 10 heteroatoms. The molecule has 0 saturated carbocycles. The Kier molecular flexibility index (Phi) is 10.0. The zero-order valence-electron chi connectivity index (χ0n) is 14.9. The summed E-state index contributed by atoms with van der Waals surface area (Å²) in [5, 5.41) is 17.8. The highest BCUT2D eigenvalue weighted by atomic mass is 31.2. The summed E-state index contributed by atoms with van der Waals surface area (Å²) in [7, 11) is -0.131. The number of halogens is 1. The van der Waals surface area contributed by atoms with E-state index in [-0.39, 0.29) is 18.6 Å². The van der Waals surface area contributed by atoms with E-state index in [2.05, 4.69) is 15.5 Å². The highest BCUT2D eigenvalue weighted by molar-refractivity contribution is 7.47. The van der Waals surface area contributed by atoms with Crippen LogP contribution in [0.2, 0.25) is 0 Å². The first-order valence-corrected chi connectivity index (χ1v) is 9.55. The van der Waals surface area contributed by atoms with Gasteiger partial charge in [-0.1, -0.05) is 6.07 Å². The summed E-state index contributed by atoms with van der Waals surface area (Å²) < 4.78 is 13.1. The number of aromatic hydroxyl groups is 1. The zero-order valence-corrected chi connectivity index (χ0v) is 15.8. The molecule has 0 spiro atoms. The van der Waals surface area contributed by atoms with Crippen molar-refractivity contribution in [3.05, 3.63) is 29.6 Å². The van der Waals surface area contributed by atoms with Crippen molar-refractivity contribution in [2.75, 3.05) is 26.7 Å². The van der Waals surface area contributed by atoms with Crippen molar-refractivity contribution >= 4 is 20.8 Å². The summed E-state index contributed by atoms with van der Waals surface area (Å²) in [6, 6.07) is 3.45. The minimum Gasteiger partial charge on any atom is -0.505 e. The molecule has 0 aliphatic heterocycles. The van der Waals surface area contributed by atoms with Crippen molar-refractivity contribution in [2.45, 2.75) is 25.8 Å². The van der Waals surface area contributed by atoms with E-state index in [4.69, 9.17) is 0 Å². The van der Waals surface area contributed by atoms with Crippen LogP contribution >= 0.6 is 8.45 Å². The Bertz CT molecular complexity index is 593. The van der Waals surface area contributed by atoms with Crippen LogP contribution < -0.4 is 15.5 Å². The molecule has 8 nitrogen and oxygen atoms in total. The molecule has 0 fully saturated rings. The molecule has 2 atom stereocenters. The second kappa shape index (κ2) is 11.7. The number of urea groups is 1. The van der Waals surface area contributed by atoms with Crippen molar-refractivity contribution in [2.24, 2.45) is 0 Å². The molecular formula is C16H26FN4O4P. The van der Waals surface area contributed by atoms with Crippen molar-refractivity contribution in [1.29, 1.82) is 0 Å². The lowest BCUT2D eigenvalue weighted by atomic mass is 10.1. The molecule has 1 rings (SSSR count). The normalized spacial score (nSPS) is 13.1. The highest BCUT2D eigenvalue weighted by Crippen LogP contribution is 2.27. The van der Waals surface area contributed by atoms with Crippen LogP contribution in [0.15, 0.2) is 18.2 Å². The van der Waals surface area contributed by atoms with Gasteiger partial charge in [-0.05, 0) is 37.5 Å². The van der Waals surface area contributed by atoms with Crippen molar-refractivity contribution in [3.8, 4) is 5.75 Å². The molecule has 0 heterocycles. The molecule has 26 heavy (non-hydrogen) atoms. The van der Waals surface area contributed by atoms with Crippen LogP contribution in [0.3, 0.4) is 0 Å². The first-order chi connectivity index (χ1) is 12.4. The molecule has 0 bridgehead atoms. The Labute approximate surface area is 153 Å². The summed E-state index contributed by atoms with van der Waals surface area (Å²) in [6.07, 6.45) is 2.07. The fraction of sp³-hybridized carbons (Fsp3) is 0.500. The fourth-order valence-electron chi connectivity index (χ4n) is 2.24. The maximum Gasteiger partial charge on any atom is 0.317 e. The maximum absolute atomic E-state index is 13.1. The summed E-state index contributed by atoms with van der Waals surface area (Å²) in [6.45, 7) is 2.81. The minimum atomic E-state index is -1.64. The number of carbonyl (C=O) groups is 2. The smallest absolute Gasteiger partial charge is 0.317 e. The van der Waals surface area contributed by atoms with Crippen LogP contribution in [-0.2, 0) is 4.79 Å². The number of unbranched alkanes of at least 4 members (excludes halogenated alkanes) is 1. The van der Waals surface area contributed by atoms with E-state index in [0.29, 0.717) is 37.8 Å². The number of hydrogen-bond acceptors (Lipinski definition) is 6. The Morgan fingerprint density at radius 3 is 2.77 bits per heavy atom. The molecule has 2 unspecified atom stereocenters. The Morgan fingerprint density at radius 2 is 2.15 bits per heavy atom. The second-order valence-electron chi connectivity index (χ2n) is 5.66. The predicted molar refractivity (Wildman–Crippen MR) is 98.1 cm³/mol. The number of amides is 2. The van der Waals surface area contributed by atoms with Crippen LogP contribution in [0.1, 0.15) is 31.4 Å². The van der Waals surface area contributed by atoms with Gasteiger partial charge in [-0.3, -0.25) is 10.2 Å². The Morgan fingerprint density at radius 1 is 1.42 bits per heavy atom. The van der Waals surface area contributed by atoms with Gasteiger partial charge < -0.3 is 25.0 Å². The molecule has 0 aliphatic carbocycles. The molecule has 1 aromatic carbocycles. The summed E-state index contributed by atoms with van der Waals surface area (Å²) in [4.78, 5) is 33.5. The minimum absolute atomic E-state index is 0.0450. The van der Waals surface area contributed by atoms with Gasteiger partial charge in [0.25, 0.3) is 0 Å². The molecule has 0 saturated heterocycles. The Hall–Kier alpha value is -1.80. The monoisotopic (exact) mass is 388 g/mol.